The van der Waals surface area contributed by atoms with Gasteiger partial charge in [0.15, 0.2) is 0 Å². The van der Waals surface area contributed by atoms with Crippen molar-refractivity contribution in [2.75, 3.05) is 44.2 Å². The van der Waals surface area contributed by atoms with E-state index in [1.54, 1.807) is 37.8 Å². The Morgan fingerprint density at radius 2 is 1.62 bits per heavy atom. The predicted molar refractivity (Wildman–Crippen MR) is 97.8 cm³/mol. The van der Waals surface area contributed by atoms with Crippen LogP contribution in [0.5, 0.6) is 0 Å². The molecule has 3 amide bonds. The maximum atomic E-state index is 13.0. The molecule has 0 atom stereocenters. The molecular formula is C18H27FN4O3. The molecule has 1 aliphatic rings. The summed E-state index contributed by atoms with van der Waals surface area (Å²) in [7, 11) is 0. The zero-order valence-corrected chi connectivity index (χ0v) is 15.5. The lowest BCUT2D eigenvalue weighted by atomic mass is 10.2. The molecule has 144 valence electrons. The lowest BCUT2D eigenvalue weighted by Gasteiger charge is -2.36. The van der Waals surface area contributed by atoms with Crippen LogP contribution in [-0.4, -0.2) is 61.9 Å². The number of anilines is 1. The summed E-state index contributed by atoms with van der Waals surface area (Å²) >= 11 is 0. The smallest absolute Gasteiger partial charge is 0.407 e. The van der Waals surface area contributed by atoms with Gasteiger partial charge >= 0.3 is 12.1 Å². The number of nitrogens with zero attached hydrogens (tertiary/aromatic N) is 2. The molecule has 1 heterocycles. The van der Waals surface area contributed by atoms with E-state index < -0.39 is 11.7 Å². The molecule has 0 bridgehead atoms. The Kier molecular flexibility index (Phi) is 6.65. The molecule has 1 aromatic carbocycles. The maximum Gasteiger partial charge on any atom is 0.407 e. The van der Waals surface area contributed by atoms with Gasteiger partial charge < -0.3 is 25.2 Å². The van der Waals surface area contributed by atoms with E-state index in [0.29, 0.717) is 39.3 Å². The molecule has 7 nitrogen and oxygen atoms in total. The van der Waals surface area contributed by atoms with Crippen LogP contribution in [0.3, 0.4) is 0 Å². The van der Waals surface area contributed by atoms with Crippen molar-refractivity contribution in [3.8, 4) is 0 Å². The minimum Gasteiger partial charge on any atom is -0.444 e. The lowest BCUT2D eigenvalue weighted by molar-refractivity contribution is 0.0528. The van der Waals surface area contributed by atoms with Crippen LogP contribution >= 0.6 is 0 Å². The van der Waals surface area contributed by atoms with Crippen molar-refractivity contribution < 1.29 is 18.7 Å². The van der Waals surface area contributed by atoms with Gasteiger partial charge in [-0.15, -0.1) is 0 Å². The first-order valence-corrected chi connectivity index (χ1v) is 8.75. The zero-order valence-electron chi connectivity index (χ0n) is 15.5. The maximum absolute atomic E-state index is 13.0. The Labute approximate surface area is 153 Å². The Morgan fingerprint density at radius 1 is 1.04 bits per heavy atom. The third-order valence-corrected chi connectivity index (χ3v) is 3.83. The normalized spacial score (nSPS) is 14.8. The van der Waals surface area contributed by atoms with Gasteiger partial charge in [-0.3, -0.25) is 0 Å². The minimum absolute atomic E-state index is 0.158. The fraction of sp³-hybridized carbons (Fsp3) is 0.556. The Hall–Kier alpha value is -2.51. The van der Waals surface area contributed by atoms with E-state index in [1.165, 1.54) is 12.1 Å². The molecule has 1 aromatic rings. The summed E-state index contributed by atoms with van der Waals surface area (Å²) in [5, 5.41) is 5.38. The van der Waals surface area contributed by atoms with Crippen molar-refractivity contribution in [1.29, 1.82) is 0 Å². The molecule has 0 saturated carbocycles. The SMILES string of the molecule is CC(C)(C)OC(=O)NCCNC(=O)N1CCN(c2ccc(F)cc2)CC1. The van der Waals surface area contributed by atoms with Crippen LogP contribution in [0.25, 0.3) is 0 Å². The first-order chi connectivity index (χ1) is 12.2. The average Bonchev–Trinajstić information content (AvgIpc) is 2.58. The fourth-order valence-electron chi connectivity index (χ4n) is 2.58. The van der Waals surface area contributed by atoms with Gasteiger partial charge in [-0.25, -0.2) is 14.0 Å². The van der Waals surface area contributed by atoms with Crippen LogP contribution in [0.1, 0.15) is 20.8 Å². The van der Waals surface area contributed by atoms with Crippen LogP contribution in [-0.2, 0) is 4.74 Å². The van der Waals surface area contributed by atoms with Crippen LogP contribution < -0.4 is 15.5 Å². The van der Waals surface area contributed by atoms with Crippen molar-refractivity contribution in [1.82, 2.24) is 15.5 Å². The number of amides is 3. The average molecular weight is 366 g/mol. The zero-order chi connectivity index (χ0) is 19.2. The molecule has 0 radical (unpaired) electrons. The largest absolute Gasteiger partial charge is 0.444 e. The fourth-order valence-corrected chi connectivity index (χ4v) is 2.58. The van der Waals surface area contributed by atoms with Crippen molar-refractivity contribution in [3.05, 3.63) is 30.1 Å². The third-order valence-electron chi connectivity index (χ3n) is 3.83. The summed E-state index contributed by atoms with van der Waals surface area (Å²) in [5.74, 6) is -0.258. The Bertz CT molecular complexity index is 608. The number of hydrogen-bond donors (Lipinski definition) is 2. The van der Waals surface area contributed by atoms with Gasteiger partial charge in [0.05, 0.1) is 0 Å². The van der Waals surface area contributed by atoms with Gasteiger partial charge in [-0.05, 0) is 45.0 Å². The van der Waals surface area contributed by atoms with E-state index in [4.69, 9.17) is 4.74 Å². The summed E-state index contributed by atoms with van der Waals surface area (Å²) in [6.45, 7) is 8.56. The number of ether oxygens (including phenoxy) is 1. The van der Waals surface area contributed by atoms with Gasteiger partial charge in [0.1, 0.15) is 11.4 Å². The molecule has 1 fully saturated rings. The van der Waals surface area contributed by atoms with Gasteiger partial charge in [-0.1, -0.05) is 0 Å². The summed E-state index contributed by atoms with van der Waals surface area (Å²) in [6.07, 6.45) is -0.500. The molecule has 1 saturated heterocycles. The number of urea groups is 1. The quantitative estimate of drug-likeness (QED) is 0.801. The highest BCUT2D eigenvalue weighted by atomic mass is 19.1. The molecule has 0 aromatic heterocycles. The number of halogens is 1. The molecular weight excluding hydrogens is 339 g/mol. The molecule has 8 heteroatoms. The molecule has 2 N–H and O–H groups in total. The van der Waals surface area contributed by atoms with Gasteiger partial charge in [0, 0.05) is 45.0 Å². The number of carbonyl (C=O) groups excluding carboxylic acids is 2. The Morgan fingerprint density at radius 3 is 2.19 bits per heavy atom. The second kappa shape index (κ2) is 8.73. The van der Waals surface area contributed by atoms with Crippen molar-refractivity contribution in [2.24, 2.45) is 0 Å². The number of benzene rings is 1. The molecule has 2 rings (SSSR count). The number of piperazine rings is 1. The summed E-state index contributed by atoms with van der Waals surface area (Å²) in [6, 6.07) is 6.20. The third kappa shape index (κ3) is 6.42. The minimum atomic E-state index is -0.544. The lowest BCUT2D eigenvalue weighted by Crippen LogP contribution is -2.52. The highest BCUT2D eigenvalue weighted by Crippen LogP contribution is 2.16. The highest BCUT2D eigenvalue weighted by molar-refractivity contribution is 5.74. The van der Waals surface area contributed by atoms with Gasteiger partial charge in [0.2, 0.25) is 0 Å². The first-order valence-electron chi connectivity index (χ1n) is 8.75. The van der Waals surface area contributed by atoms with E-state index in [1.807, 2.05) is 0 Å². The van der Waals surface area contributed by atoms with Gasteiger partial charge in [0.25, 0.3) is 0 Å². The number of alkyl carbamates (subject to hydrolysis) is 1. The van der Waals surface area contributed by atoms with E-state index in [2.05, 4.69) is 15.5 Å². The molecule has 26 heavy (non-hydrogen) atoms. The second-order valence-corrected chi connectivity index (χ2v) is 7.11. The van der Waals surface area contributed by atoms with Crippen LogP contribution in [0.4, 0.5) is 19.7 Å². The predicted octanol–water partition coefficient (Wildman–Crippen LogP) is 2.18. The highest BCUT2D eigenvalue weighted by Gasteiger charge is 2.21. The van der Waals surface area contributed by atoms with Crippen LogP contribution in [0.2, 0.25) is 0 Å². The van der Waals surface area contributed by atoms with Crippen molar-refractivity contribution >= 4 is 17.8 Å². The van der Waals surface area contributed by atoms with Crippen molar-refractivity contribution in [3.63, 3.8) is 0 Å². The first kappa shape index (κ1) is 19.8. The number of carbonyl (C=O) groups is 2. The second-order valence-electron chi connectivity index (χ2n) is 7.11. The van der Waals surface area contributed by atoms with E-state index in [0.717, 1.165) is 5.69 Å². The monoisotopic (exact) mass is 366 g/mol. The van der Waals surface area contributed by atoms with E-state index in [9.17, 15) is 14.0 Å². The number of hydrogen-bond acceptors (Lipinski definition) is 4. The van der Waals surface area contributed by atoms with Gasteiger partial charge in [-0.2, -0.15) is 0 Å². The standard InChI is InChI=1S/C18H27FN4O3/c1-18(2,3)26-17(25)21-9-8-20-16(24)23-12-10-22(11-13-23)15-6-4-14(19)5-7-15/h4-7H,8-13H2,1-3H3,(H,20,24)(H,21,25). The molecule has 1 aliphatic heterocycles. The number of rotatable bonds is 4. The topological polar surface area (TPSA) is 73.9 Å². The van der Waals surface area contributed by atoms with Crippen LogP contribution in [0.15, 0.2) is 24.3 Å². The molecule has 0 spiro atoms. The summed E-state index contributed by atoms with van der Waals surface area (Å²) in [4.78, 5) is 27.5. The molecule has 0 unspecified atom stereocenters. The number of nitrogens with one attached hydrogen (secondary N) is 2. The van der Waals surface area contributed by atoms with Crippen molar-refractivity contribution in [2.45, 2.75) is 26.4 Å². The Balaban J connectivity index is 1.65. The summed E-state index contributed by atoms with van der Waals surface area (Å²) in [5.41, 5.74) is 0.408. The van der Waals surface area contributed by atoms with E-state index >= 15 is 0 Å². The van der Waals surface area contributed by atoms with Crippen LogP contribution in [0, 0.1) is 5.82 Å². The molecule has 0 aliphatic carbocycles. The van der Waals surface area contributed by atoms with E-state index in [-0.39, 0.29) is 11.8 Å². The summed E-state index contributed by atoms with van der Waals surface area (Å²) < 4.78 is 18.1.